The standard InChI is InChI=1S/C25H27F3N4O2S/c1-3-20-21(11-8-12-22(20)32(29)19-9-6-5-7-10-19)30-16-24(34,25(26,27)28)17-31(4-2)23(33)18-13-14-35-15-18/h3,5-15,30,34H,1,4,16-17,29H2,2H3. The minimum absolute atomic E-state index is 0.000325. The highest BCUT2D eigenvalue weighted by Crippen LogP contribution is 2.35. The summed E-state index contributed by atoms with van der Waals surface area (Å²) in [6.07, 6.45) is -3.52. The van der Waals surface area contributed by atoms with Crippen LogP contribution in [0.15, 0.2) is 71.9 Å². The van der Waals surface area contributed by atoms with Gasteiger partial charge in [0.1, 0.15) is 0 Å². The number of aliphatic hydroxyl groups is 1. The number of amides is 1. The zero-order chi connectivity index (χ0) is 25.6. The number of nitrogens with one attached hydrogen (secondary N) is 1. The molecule has 186 valence electrons. The second-order valence-electron chi connectivity index (χ2n) is 7.86. The number of likely N-dealkylation sites (N-methyl/N-ethyl adjacent to an activating group) is 1. The zero-order valence-corrected chi connectivity index (χ0v) is 19.9. The summed E-state index contributed by atoms with van der Waals surface area (Å²) in [5.41, 5.74) is -0.978. The van der Waals surface area contributed by atoms with E-state index in [4.69, 9.17) is 5.84 Å². The van der Waals surface area contributed by atoms with Gasteiger partial charge in [0.2, 0.25) is 0 Å². The maximum absolute atomic E-state index is 14.0. The van der Waals surface area contributed by atoms with Crippen LogP contribution in [0.25, 0.3) is 6.08 Å². The quantitative estimate of drug-likeness (QED) is 0.259. The third-order valence-electron chi connectivity index (χ3n) is 5.57. The number of nitrogens with zero attached hydrogens (tertiary/aromatic N) is 2. The largest absolute Gasteiger partial charge is 0.420 e. The Balaban J connectivity index is 1.86. The average molecular weight is 505 g/mol. The van der Waals surface area contributed by atoms with Crippen molar-refractivity contribution in [2.75, 3.05) is 30.0 Å². The molecule has 0 bridgehead atoms. The van der Waals surface area contributed by atoms with Crippen LogP contribution in [0.1, 0.15) is 22.8 Å². The van der Waals surface area contributed by atoms with Gasteiger partial charge in [0.15, 0.2) is 5.60 Å². The lowest BCUT2D eigenvalue weighted by Crippen LogP contribution is -2.58. The van der Waals surface area contributed by atoms with Crippen LogP contribution in [0.3, 0.4) is 0 Å². The molecule has 1 unspecified atom stereocenters. The molecule has 3 aromatic rings. The number of rotatable bonds is 10. The molecule has 0 aliphatic heterocycles. The molecule has 35 heavy (non-hydrogen) atoms. The number of anilines is 3. The van der Waals surface area contributed by atoms with E-state index in [0.29, 0.717) is 22.6 Å². The van der Waals surface area contributed by atoms with Crippen molar-refractivity contribution in [3.63, 3.8) is 0 Å². The molecular weight excluding hydrogens is 477 g/mol. The molecule has 0 saturated heterocycles. The van der Waals surface area contributed by atoms with E-state index in [1.807, 2.05) is 18.2 Å². The summed E-state index contributed by atoms with van der Waals surface area (Å²) >= 11 is 1.26. The third-order valence-corrected chi connectivity index (χ3v) is 6.25. The first-order valence-electron chi connectivity index (χ1n) is 10.8. The van der Waals surface area contributed by atoms with E-state index in [2.05, 4.69) is 11.9 Å². The summed E-state index contributed by atoms with van der Waals surface area (Å²) in [4.78, 5) is 13.7. The third kappa shape index (κ3) is 5.84. The van der Waals surface area contributed by atoms with Gasteiger partial charge in [-0.3, -0.25) is 9.80 Å². The highest BCUT2D eigenvalue weighted by atomic mass is 32.1. The highest BCUT2D eigenvalue weighted by molar-refractivity contribution is 7.08. The Morgan fingerprint density at radius 2 is 1.89 bits per heavy atom. The summed E-state index contributed by atoms with van der Waals surface area (Å²) in [5, 5.41) is 18.1. The number of alkyl halides is 3. The molecule has 4 N–H and O–H groups in total. The predicted octanol–water partition coefficient (Wildman–Crippen LogP) is 5.27. The van der Waals surface area contributed by atoms with Crippen molar-refractivity contribution < 1.29 is 23.1 Å². The van der Waals surface area contributed by atoms with Gasteiger partial charge < -0.3 is 15.3 Å². The molecular formula is C25H27F3N4O2S. The molecule has 0 aliphatic carbocycles. The first kappa shape index (κ1) is 26.3. The molecule has 0 saturated carbocycles. The second kappa shape index (κ2) is 10.9. The number of carbonyl (C=O) groups is 1. The lowest BCUT2D eigenvalue weighted by Gasteiger charge is -2.36. The van der Waals surface area contributed by atoms with Crippen LogP contribution in [0.4, 0.5) is 30.2 Å². The monoisotopic (exact) mass is 504 g/mol. The van der Waals surface area contributed by atoms with Crippen LogP contribution in [0.5, 0.6) is 0 Å². The van der Waals surface area contributed by atoms with Crippen molar-refractivity contribution in [1.29, 1.82) is 0 Å². The van der Waals surface area contributed by atoms with Crippen molar-refractivity contribution in [3.05, 3.63) is 83.1 Å². The summed E-state index contributed by atoms with van der Waals surface area (Å²) in [6, 6.07) is 15.5. The van der Waals surface area contributed by atoms with Gasteiger partial charge in [-0.05, 0) is 42.6 Å². The van der Waals surface area contributed by atoms with Crippen LogP contribution in [-0.4, -0.2) is 47.3 Å². The Bertz CT molecular complexity index is 1140. The molecule has 3 rings (SSSR count). The Morgan fingerprint density at radius 3 is 2.46 bits per heavy atom. The molecule has 6 nitrogen and oxygen atoms in total. The van der Waals surface area contributed by atoms with E-state index >= 15 is 0 Å². The summed E-state index contributed by atoms with van der Waals surface area (Å²) in [6.45, 7) is 3.53. The molecule has 0 spiro atoms. The van der Waals surface area contributed by atoms with E-state index in [9.17, 15) is 23.1 Å². The van der Waals surface area contributed by atoms with E-state index in [1.54, 1.807) is 48.0 Å². The van der Waals surface area contributed by atoms with Crippen molar-refractivity contribution >= 4 is 40.4 Å². The molecule has 0 fully saturated rings. The van der Waals surface area contributed by atoms with Gasteiger partial charge in [-0.15, -0.1) is 0 Å². The number of para-hydroxylation sites is 1. The Labute approximate surface area is 206 Å². The molecule has 1 heterocycles. The second-order valence-corrected chi connectivity index (χ2v) is 8.64. The van der Waals surface area contributed by atoms with E-state index in [-0.39, 0.29) is 12.1 Å². The Kier molecular flexibility index (Phi) is 8.21. The van der Waals surface area contributed by atoms with Crippen LogP contribution in [-0.2, 0) is 0 Å². The number of hydrogen-bond acceptors (Lipinski definition) is 6. The lowest BCUT2D eigenvalue weighted by molar-refractivity contribution is -0.257. The smallest absolute Gasteiger partial charge is 0.381 e. The van der Waals surface area contributed by atoms with Crippen molar-refractivity contribution in [1.82, 2.24) is 4.90 Å². The van der Waals surface area contributed by atoms with Crippen molar-refractivity contribution in [2.24, 2.45) is 5.84 Å². The summed E-state index contributed by atoms with van der Waals surface area (Å²) in [5.74, 6) is 5.68. The summed E-state index contributed by atoms with van der Waals surface area (Å²) < 4.78 is 42.1. The van der Waals surface area contributed by atoms with Gasteiger partial charge in [0.05, 0.1) is 30.0 Å². The fourth-order valence-corrected chi connectivity index (χ4v) is 4.19. The maximum Gasteiger partial charge on any atom is 0.420 e. The van der Waals surface area contributed by atoms with Crippen molar-refractivity contribution in [3.8, 4) is 0 Å². The molecule has 2 aromatic carbocycles. The van der Waals surface area contributed by atoms with E-state index < -0.39 is 30.8 Å². The van der Waals surface area contributed by atoms with Gasteiger partial charge in [-0.1, -0.05) is 36.9 Å². The van der Waals surface area contributed by atoms with Crippen LogP contribution in [0, 0.1) is 0 Å². The van der Waals surface area contributed by atoms with Gasteiger partial charge in [-0.2, -0.15) is 24.5 Å². The minimum atomic E-state index is -5.00. The number of halogens is 3. The molecule has 1 amide bonds. The topological polar surface area (TPSA) is 81.8 Å². The van der Waals surface area contributed by atoms with E-state index in [1.165, 1.54) is 28.5 Å². The lowest BCUT2D eigenvalue weighted by atomic mass is 10.0. The first-order chi connectivity index (χ1) is 16.6. The molecule has 0 aliphatic rings. The number of carbonyl (C=O) groups excluding carboxylic acids is 1. The molecule has 1 atom stereocenters. The van der Waals surface area contributed by atoms with E-state index in [0.717, 1.165) is 4.90 Å². The van der Waals surface area contributed by atoms with Gasteiger partial charge in [0.25, 0.3) is 5.91 Å². The highest BCUT2D eigenvalue weighted by Gasteiger charge is 2.55. The Morgan fingerprint density at radius 1 is 1.17 bits per heavy atom. The fourth-order valence-electron chi connectivity index (χ4n) is 3.56. The van der Waals surface area contributed by atoms with Crippen LogP contribution >= 0.6 is 11.3 Å². The minimum Gasteiger partial charge on any atom is -0.381 e. The maximum atomic E-state index is 14.0. The predicted molar refractivity (Wildman–Crippen MR) is 135 cm³/mol. The zero-order valence-electron chi connectivity index (χ0n) is 19.1. The normalized spacial score (nSPS) is 13.1. The fraction of sp³-hybridized carbons (Fsp3) is 0.240. The van der Waals surface area contributed by atoms with Gasteiger partial charge in [-0.25, -0.2) is 5.84 Å². The summed E-state index contributed by atoms with van der Waals surface area (Å²) in [7, 11) is 0. The first-order valence-corrected chi connectivity index (χ1v) is 11.8. The Hall–Kier alpha value is -3.34. The number of hydrogen-bond donors (Lipinski definition) is 3. The van der Waals surface area contributed by atoms with Crippen LogP contribution < -0.4 is 16.2 Å². The number of thiophene rings is 1. The SMILES string of the molecule is C=Cc1c(NCC(O)(CN(CC)C(=O)c2ccsc2)C(F)(F)F)cccc1N(N)c1ccccc1. The number of nitrogens with two attached hydrogens (primary N) is 1. The average Bonchev–Trinajstić information content (AvgIpc) is 3.40. The van der Waals surface area contributed by atoms with Crippen molar-refractivity contribution in [2.45, 2.75) is 18.7 Å². The molecule has 0 radical (unpaired) electrons. The van der Waals surface area contributed by atoms with Crippen LogP contribution in [0.2, 0.25) is 0 Å². The van der Waals surface area contributed by atoms with Gasteiger partial charge >= 0.3 is 6.18 Å². The number of benzene rings is 2. The molecule has 10 heteroatoms. The molecule has 1 aromatic heterocycles. The van der Waals surface area contributed by atoms with Gasteiger partial charge in [0, 0.05) is 23.2 Å². The number of hydrazine groups is 1.